The van der Waals surface area contributed by atoms with E-state index < -0.39 is 16.7 Å². The molecule has 0 aliphatic heterocycles. The second-order valence-corrected chi connectivity index (χ2v) is 3.38. The second kappa shape index (κ2) is 2.77. The van der Waals surface area contributed by atoms with E-state index in [-0.39, 0.29) is 10.3 Å². The zero-order valence-corrected chi connectivity index (χ0v) is 7.24. The minimum Gasteiger partial charge on any atom is -0.311 e. The molecule has 74 valence electrons. The van der Waals surface area contributed by atoms with Crippen molar-refractivity contribution in [2.45, 2.75) is 6.18 Å². The summed E-state index contributed by atoms with van der Waals surface area (Å²) in [5, 5.41) is -1.06. The number of H-pyrrole nitrogens is 1. The van der Waals surface area contributed by atoms with Crippen LogP contribution in [-0.4, -0.2) is 15.0 Å². The van der Waals surface area contributed by atoms with E-state index in [4.69, 9.17) is 0 Å². The molecule has 0 unspecified atom stereocenters. The van der Waals surface area contributed by atoms with Crippen LogP contribution in [0.15, 0.2) is 11.1 Å². The van der Waals surface area contributed by atoms with Crippen molar-refractivity contribution in [2.75, 3.05) is 0 Å². The van der Waals surface area contributed by atoms with E-state index >= 15 is 0 Å². The fraction of sp³-hybridized carbons (Fsp3) is 0.167. The summed E-state index contributed by atoms with van der Waals surface area (Å²) < 4.78 is 36.5. The van der Waals surface area contributed by atoms with E-state index in [2.05, 4.69) is 15.0 Å². The minimum absolute atomic E-state index is 0.0129. The number of nitrogens with zero attached hydrogens (tertiary/aromatic N) is 2. The molecule has 14 heavy (non-hydrogen) atoms. The standard InChI is InChI=1S/C6H2F3N3OS/c7-6(8,9)5-12-2-3(13)10-1-11-4(2)14-5/h1H,(H,10,11,13). The molecule has 2 aromatic rings. The van der Waals surface area contributed by atoms with Gasteiger partial charge in [-0.1, -0.05) is 11.3 Å². The lowest BCUT2D eigenvalue weighted by Crippen LogP contribution is -2.07. The third-order valence-corrected chi connectivity index (χ3v) is 2.45. The normalized spacial score (nSPS) is 12.2. The number of alkyl halides is 3. The van der Waals surface area contributed by atoms with Gasteiger partial charge in [0.15, 0.2) is 10.3 Å². The number of aromatic amines is 1. The zero-order valence-electron chi connectivity index (χ0n) is 6.42. The molecule has 0 aliphatic carbocycles. The Morgan fingerprint density at radius 1 is 1.43 bits per heavy atom. The first-order valence-electron chi connectivity index (χ1n) is 3.40. The molecule has 0 spiro atoms. The summed E-state index contributed by atoms with van der Waals surface area (Å²) in [6, 6.07) is 0. The van der Waals surface area contributed by atoms with E-state index in [9.17, 15) is 18.0 Å². The highest BCUT2D eigenvalue weighted by Crippen LogP contribution is 2.33. The van der Waals surface area contributed by atoms with E-state index in [0.29, 0.717) is 11.3 Å². The van der Waals surface area contributed by atoms with Crippen LogP contribution in [0.3, 0.4) is 0 Å². The molecule has 1 N–H and O–H groups in total. The Morgan fingerprint density at radius 2 is 2.14 bits per heavy atom. The highest BCUT2D eigenvalue weighted by atomic mass is 32.1. The number of thiazole rings is 1. The summed E-state index contributed by atoms with van der Waals surface area (Å²) in [6.45, 7) is 0. The molecule has 0 radical (unpaired) electrons. The third-order valence-electron chi connectivity index (χ3n) is 1.44. The molecule has 0 atom stereocenters. The molecule has 4 nitrogen and oxygen atoms in total. The number of halogens is 3. The van der Waals surface area contributed by atoms with Crippen molar-refractivity contribution in [1.82, 2.24) is 15.0 Å². The van der Waals surface area contributed by atoms with Gasteiger partial charge in [0.25, 0.3) is 5.56 Å². The maximum absolute atomic E-state index is 12.2. The van der Waals surface area contributed by atoms with Crippen LogP contribution in [0.4, 0.5) is 13.2 Å². The SMILES string of the molecule is O=c1[nH]cnc2sc(C(F)(F)F)nc12. The summed E-state index contributed by atoms with van der Waals surface area (Å²) in [7, 11) is 0. The largest absolute Gasteiger partial charge is 0.443 e. The van der Waals surface area contributed by atoms with Crippen molar-refractivity contribution in [3.05, 3.63) is 21.7 Å². The lowest BCUT2D eigenvalue weighted by Gasteiger charge is -1.97. The van der Waals surface area contributed by atoms with Gasteiger partial charge in [-0.3, -0.25) is 4.79 Å². The van der Waals surface area contributed by atoms with Crippen LogP contribution in [0.2, 0.25) is 0 Å². The Morgan fingerprint density at radius 3 is 2.71 bits per heavy atom. The van der Waals surface area contributed by atoms with Gasteiger partial charge in [-0.25, -0.2) is 9.97 Å². The highest BCUT2D eigenvalue weighted by Gasteiger charge is 2.35. The lowest BCUT2D eigenvalue weighted by molar-refractivity contribution is -0.137. The van der Waals surface area contributed by atoms with Crippen molar-refractivity contribution in [3.63, 3.8) is 0 Å². The van der Waals surface area contributed by atoms with Crippen molar-refractivity contribution in [3.8, 4) is 0 Å². The summed E-state index contributed by atoms with van der Waals surface area (Å²) in [4.78, 5) is 19.9. The van der Waals surface area contributed by atoms with Crippen LogP contribution in [-0.2, 0) is 6.18 Å². The van der Waals surface area contributed by atoms with Gasteiger partial charge in [0, 0.05) is 0 Å². The van der Waals surface area contributed by atoms with Gasteiger partial charge in [-0.2, -0.15) is 13.2 Å². The van der Waals surface area contributed by atoms with Crippen LogP contribution in [0.25, 0.3) is 10.3 Å². The Bertz CT molecular complexity index is 529. The topological polar surface area (TPSA) is 58.6 Å². The zero-order chi connectivity index (χ0) is 10.3. The molecular formula is C6H2F3N3OS. The first kappa shape index (κ1) is 9.13. The van der Waals surface area contributed by atoms with Crippen LogP contribution in [0.5, 0.6) is 0 Å². The average molecular weight is 221 g/mol. The fourth-order valence-electron chi connectivity index (χ4n) is 0.887. The van der Waals surface area contributed by atoms with Gasteiger partial charge in [-0.05, 0) is 0 Å². The van der Waals surface area contributed by atoms with Crippen LogP contribution in [0.1, 0.15) is 5.01 Å². The van der Waals surface area contributed by atoms with Gasteiger partial charge >= 0.3 is 6.18 Å². The summed E-state index contributed by atoms with van der Waals surface area (Å²) in [5.41, 5.74) is -0.938. The van der Waals surface area contributed by atoms with Gasteiger partial charge < -0.3 is 4.98 Å². The van der Waals surface area contributed by atoms with Gasteiger partial charge in [0.05, 0.1) is 6.33 Å². The van der Waals surface area contributed by atoms with Crippen molar-refractivity contribution in [2.24, 2.45) is 0 Å². The molecule has 0 fully saturated rings. The average Bonchev–Trinajstić information content (AvgIpc) is 2.48. The molecule has 0 amide bonds. The monoisotopic (exact) mass is 221 g/mol. The summed E-state index contributed by atoms with van der Waals surface area (Å²) in [6.07, 6.45) is -3.49. The molecule has 0 bridgehead atoms. The number of nitrogens with one attached hydrogen (secondary N) is 1. The fourth-order valence-corrected chi connectivity index (χ4v) is 1.66. The Kier molecular flexibility index (Phi) is 1.81. The highest BCUT2D eigenvalue weighted by molar-refractivity contribution is 7.18. The molecule has 0 aliphatic rings. The first-order valence-corrected chi connectivity index (χ1v) is 4.21. The van der Waals surface area contributed by atoms with Gasteiger partial charge in [0.2, 0.25) is 5.01 Å². The number of hydrogen-bond acceptors (Lipinski definition) is 4. The number of aromatic nitrogens is 3. The molecule has 0 saturated heterocycles. The smallest absolute Gasteiger partial charge is 0.311 e. The molecule has 0 saturated carbocycles. The molecule has 0 aromatic carbocycles. The van der Waals surface area contributed by atoms with Gasteiger partial charge in [-0.15, -0.1) is 0 Å². The van der Waals surface area contributed by atoms with Crippen LogP contribution >= 0.6 is 11.3 Å². The summed E-state index contributed by atoms with van der Waals surface area (Å²) >= 11 is 0.351. The molecule has 2 aromatic heterocycles. The maximum Gasteiger partial charge on any atom is 0.443 e. The molecule has 2 rings (SSSR count). The first-order chi connectivity index (χ1) is 6.48. The van der Waals surface area contributed by atoms with Crippen molar-refractivity contribution >= 4 is 21.7 Å². The van der Waals surface area contributed by atoms with E-state index in [1.54, 1.807) is 0 Å². The predicted molar refractivity (Wildman–Crippen MR) is 43.0 cm³/mol. The minimum atomic E-state index is -4.53. The number of fused-ring (bicyclic) bond motifs is 1. The van der Waals surface area contributed by atoms with Crippen molar-refractivity contribution < 1.29 is 13.2 Å². The Balaban J connectivity index is 2.75. The third kappa shape index (κ3) is 1.37. The van der Waals surface area contributed by atoms with E-state index in [0.717, 1.165) is 6.33 Å². The lowest BCUT2D eigenvalue weighted by atomic mass is 10.6. The van der Waals surface area contributed by atoms with Crippen molar-refractivity contribution in [1.29, 1.82) is 0 Å². The van der Waals surface area contributed by atoms with Crippen LogP contribution < -0.4 is 5.56 Å². The number of hydrogen-bond donors (Lipinski definition) is 1. The second-order valence-electron chi connectivity index (χ2n) is 2.40. The number of rotatable bonds is 0. The Labute approximate surface area is 78.4 Å². The molecule has 2 heterocycles. The van der Waals surface area contributed by atoms with Crippen LogP contribution in [0, 0.1) is 0 Å². The molecular weight excluding hydrogens is 219 g/mol. The Hall–Kier alpha value is -1.44. The van der Waals surface area contributed by atoms with E-state index in [1.165, 1.54) is 0 Å². The maximum atomic E-state index is 12.2. The quantitative estimate of drug-likeness (QED) is 0.731. The summed E-state index contributed by atoms with van der Waals surface area (Å²) in [5.74, 6) is 0. The predicted octanol–water partition coefficient (Wildman–Crippen LogP) is 1.40. The molecule has 8 heteroatoms. The van der Waals surface area contributed by atoms with Gasteiger partial charge in [0.1, 0.15) is 0 Å². The van der Waals surface area contributed by atoms with E-state index in [1.807, 2.05) is 0 Å².